The molecule has 0 aliphatic rings. The standard InChI is InChI=1S/C16H28N2O/c1-6-12(4)9-13(5)18-14-7-8-15(17)16(10-14)19-11(2)3/h7-8,10-13,18H,6,9,17H2,1-5H3. The fourth-order valence-corrected chi connectivity index (χ4v) is 2.09. The number of benzene rings is 1. The van der Waals surface area contributed by atoms with Crippen molar-refractivity contribution in [2.24, 2.45) is 5.92 Å². The molecule has 0 bridgehead atoms. The molecule has 0 aliphatic heterocycles. The van der Waals surface area contributed by atoms with Gasteiger partial charge in [0.15, 0.2) is 0 Å². The third-order valence-corrected chi connectivity index (χ3v) is 3.24. The smallest absolute Gasteiger partial charge is 0.144 e. The molecule has 1 aromatic carbocycles. The van der Waals surface area contributed by atoms with Crippen LogP contribution in [0.2, 0.25) is 0 Å². The lowest BCUT2D eigenvalue weighted by atomic mass is 10.0. The normalized spacial score (nSPS) is 14.2. The maximum atomic E-state index is 5.92. The SMILES string of the molecule is CCC(C)CC(C)Nc1ccc(N)c(OC(C)C)c1. The van der Waals surface area contributed by atoms with Gasteiger partial charge in [0.25, 0.3) is 0 Å². The summed E-state index contributed by atoms with van der Waals surface area (Å²) >= 11 is 0. The lowest BCUT2D eigenvalue weighted by Crippen LogP contribution is -2.18. The lowest BCUT2D eigenvalue weighted by molar-refractivity contribution is 0.244. The molecule has 1 aromatic rings. The van der Waals surface area contributed by atoms with Crippen LogP contribution < -0.4 is 15.8 Å². The van der Waals surface area contributed by atoms with Gasteiger partial charge in [-0.1, -0.05) is 20.3 Å². The molecule has 0 aliphatic carbocycles. The number of nitrogen functional groups attached to an aromatic ring is 1. The Morgan fingerprint density at radius 1 is 1.21 bits per heavy atom. The van der Waals surface area contributed by atoms with E-state index in [2.05, 4.69) is 26.1 Å². The third kappa shape index (κ3) is 5.41. The van der Waals surface area contributed by atoms with Crippen molar-refractivity contribution >= 4 is 11.4 Å². The van der Waals surface area contributed by atoms with E-state index >= 15 is 0 Å². The van der Waals surface area contributed by atoms with Crippen molar-refractivity contribution in [2.45, 2.75) is 59.6 Å². The Kier molecular flexibility index (Phi) is 6.00. The summed E-state index contributed by atoms with van der Waals surface area (Å²) in [4.78, 5) is 0. The van der Waals surface area contributed by atoms with E-state index in [1.54, 1.807) is 0 Å². The molecular formula is C16H28N2O. The van der Waals surface area contributed by atoms with Crippen LogP contribution in [0.25, 0.3) is 0 Å². The zero-order chi connectivity index (χ0) is 14.4. The molecule has 0 saturated heterocycles. The molecule has 0 heterocycles. The Morgan fingerprint density at radius 2 is 1.89 bits per heavy atom. The van der Waals surface area contributed by atoms with Crippen LogP contribution in [0.5, 0.6) is 5.75 Å². The molecule has 3 N–H and O–H groups in total. The van der Waals surface area contributed by atoms with E-state index in [1.807, 2.05) is 32.0 Å². The summed E-state index contributed by atoms with van der Waals surface area (Å²) in [7, 11) is 0. The average molecular weight is 264 g/mol. The first-order valence-electron chi connectivity index (χ1n) is 7.25. The quantitative estimate of drug-likeness (QED) is 0.722. The summed E-state index contributed by atoms with van der Waals surface area (Å²) in [5.41, 5.74) is 7.68. The first kappa shape index (κ1) is 15.7. The largest absolute Gasteiger partial charge is 0.489 e. The van der Waals surface area contributed by atoms with Crippen LogP contribution in [0.4, 0.5) is 11.4 Å². The predicted molar refractivity (Wildman–Crippen MR) is 83.8 cm³/mol. The van der Waals surface area contributed by atoms with Crippen LogP contribution >= 0.6 is 0 Å². The summed E-state index contributed by atoms with van der Waals surface area (Å²) in [6, 6.07) is 6.35. The van der Waals surface area contributed by atoms with Crippen LogP contribution in [-0.2, 0) is 0 Å². The Hall–Kier alpha value is -1.38. The predicted octanol–water partition coefficient (Wildman–Crippen LogP) is 4.29. The fraction of sp³-hybridized carbons (Fsp3) is 0.625. The van der Waals surface area contributed by atoms with Crippen molar-refractivity contribution in [3.8, 4) is 5.75 Å². The van der Waals surface area contributed by atoms with Crippen LogP contribution in [0, 0.1) is 5.92 Å². The number of hydrogen-bond donors (Lipinski definition) is 2. The van der Waals surface area contributed by atoms with Gasteiger partial charge in [-0.3, -0.25) is 0 Å². The summed E-state index contributed by atoms with van der Waals surface area (Å²) < 4.78 is 5.70. The van der Waals surface area contributed by atoms with Crippen LogP contribution in [0.1, 0.15) is 47.5 Å². The minimum atomic E-state index is 0.134. The van der Waals surface area contributed by atoms with Gasteiger partial charge in [-0.15, -0.1) is 0 Å². The molecule has 0 amide bonds. The zero-order valence-electron chi connectivity index (χ0n) is 12.9. The minimum absolute atomic E-state index is 0.134. The first-order valence-corrected chi connectivity index (χ1v) is 7.25. The number of anilines is 2. The second-order valence-electron chi connectivity index (χ2n) is 5.71. The molecular weight excluding hydrogens is 236 g/mol. The second kappa shape index (κ2) is 7.27. The van der Waals surface area contributed by atoms with Crippen molar-refractivity contribution in [3.63, 3.8) is 0 Å². The Balaban J connectivity index is 2.68. The van der Waals surface area contributed by atoms with E-state index in [-0.39, 0.29) is 6.10 Å². The fourth-order valence-electron chi connectivity index (χ4n) is 2.09. The Bertz CT molecular complexity index is 390. The molecule has 0 fully saturated rings. The van der Waals surface area contributed by atoms with Crippen LogP contribution in [-0.4, -0.2) is 12.1 Å². The zero-order valence-corrected chi connectivity index (χ0v) is 12.9. The summed E-state index contributed by atoms with van der Waals surface area (Å²) in [6.07, 6.45) is 2.52. The number of ether oxygens (including phenoxy) is 1. The number of nitrogens with one attached hydrogen (secondary N) is 1. The van der Waals surface area contributed by atoms with E-state index in [9.17, 15) is 0 Å². The Labute approximate surface area is 117 Å². The highest BCUT2D eigenvalue weighted by Gasteiger charge is 2.09. The van der Waals surface area contributed by atoms with Gasteiger partial charge in [-0.05, 0) is 45.2 Å². The number of rotatable bonds is 7. The van der Waals surface area contributed by atoms with Gasteiger partial charge < -0.3 is 15.8 Å². The van der Waals surface area contributed by atoms with E-state index < -0.39 is 0 Å². The molecule has 108 valence electrons. The van der Waals surface area contributed by atoms with Crippen LogP contribution in [0.3, 0.4) is 0 Å². The van der Waals surface area contributed by atoms with Gasteiger partial charge in [0.05, 0.1) is 11.8 Å². The van der Waals surface area contributed by atoms with E-state index in [0.717, 1.165) is 17.4 Å². The van der Waals surface area contributed by atoms with Crippen molar-refractivity contribution in [2.75, 3.05) is 11.1 Å². The Morgan fingerprint density at radius 3 is 2.47 bits per heavy atom. The molecule has 0 radical (unpaired) electrons. The van der Waals surface area contributed by atoms with E-state index in [4.69, 9.17) is 10.5 Å². The molecule has 0 saturated carbocycles. The second-order valence-corrected chi connectivity index (χ2v) is 5.71. The van der Waals surface area contributed by atoms with Gasteiger partial charge in [0.1, 0.15) is 5.75 Å². The highest BCUT2D eigenvalue weighted by molar-refractivity contribution is 5.61. The van der Waals surface area contributed by atoms with Gasteiger partial charge in [0, 0.05) is 17.8 Å². The van der Waals surface area contributed by atoms with Gasteiger partial charge in [-0.2, -0.15) is 0 Å². The van der Waals surface area contributed by atoms with Gasteiger partial charge in [-0.25, -0.2) is 0 Å². The van der Waals surface area contributed by atoms with Gasteiger partial charge in [0.2, 0.25) is 0 Å². The molecule has 2 atom stereocenters. The van der Waals surface area contributed by atoms with Crippen molar-refractivity contribution in [3.05, 3.63) is 18.2 Å². The molecule has 3 nitrogen and oxygen atoms in total. The summed E-state index contributed by atoms with van der Waals surface area (Å²) in [6.45, 7) is 10.7. The van der Waals surface area contributed by atoms with Crippen molar-refractivity contribution in [1.82, 2.24) is 0 Å². The summed E-state index contributed by atoms with van der Waals surface area (Å²) in [5.74, 6) is 1.50. The number of nitrogens with two attached hydrogens (primary N) is 1. The summed E-state index contributed by atoms with van der Waals surface area (Å²) in [5, 5.41) is 3.51. The van der Waals surface area contributed by atoms with Crippen LogP contribution in [0.15, 0.2) is 18.2 Å². The molecule has 0 aromatic heterocycles. The molecule has 2 unspecified atom stereocenters. The monoisotopic (exact) mass is 264 g/mol. The maximum Gasteiger partial charge on any atom is 0.144 e. The minimum Gasteiger partial charge on any atom is -0.489 e. The van der Waals surface area contributed by atoms with Gasteiger partial charge >= 0.3 is 0 Å². The lowest BCUT2D eigenvalue weighted by Gasteiger charge is -2.20. The first-order chi connectivity index (χ1) is 8.92. The number of hydrogen-bond acceptors (Lipinski definition) is 3. The topological polar surface area (TPSA) is 47.3 Å². The maximum absolute atomic E-state index is 5.92. The molecule has 19 heavy (non-hydrogen) atoms. The molecule has 0 spiro atoms. The van der Waals surface area contributed by atoms with Crippen molar-refractivity contribution in [1.29, 1.82) is 0 Å². The molecule has 3 heteroatoms. The highest BCUT2D eigenvalue weighted by Crippen LogP contribution is 2.27. The molecule has 1 rings (SSSR count). The van der Waals surface area contributed by atoms with Crippen molar-refractivity contribution < 1.29 is 4.74 Å². The highest BCUT2D eigenvalue weighted by atomic mass is 16.5. The average Bonchev–Trinajstić information content (AvgIpc) is 2.32. The van der Waals surface area contributed by atoms with E-state index in [1.165, 1.54) is 12.8 Å². The van der Waals surface area contributed by atoms with E-state index in [0.29, 0.717) is 11.7 Å². The third-order valence-electron chi connectivity index (χ3n) is 3.24.